The average molecular weight is 302 g/mol. The first-order valence-electron chi connectivity index (χ1n) is 6.89. The average Bonchev–Trinajstić information content (AvgIpc) is 2.98. The molecule has 2 aromatic rings. The molecule has 2 N–H and O–H groups in total. The van der Waals surface area contributed by atoms with Crippen molar-refractivity contribution in [2.45, 2.75) is 13.5 Å². The van der Waals surface area contributed by atoms with Crippen LogP contribution in [-0.2, 0) is 6.61 Å². The van der Waals surface area contributed by atoms with Crippen molar-refractivity contribution in [1.29, 1.82) is 0 Å². The van der Waals surface area contributed by atoms with E-state index in [0.29, 0.717) is 18.8 Å². The van der Waals surface area contributed by atoms with Gasteiger partial charge < -0.3 is 15.2 Å². The van der Waals surface area contributed by atoms with Gasteiger partial charge >= 0.3 is 0 Å². The minimum Gasteiger partial charge on any atom is -0.494 e. The Hall–Kier alpha value is -2.67. The molecule has 22 heavy (non-hydrogen) atoms. The number of hydrogen-bond donors (Lipinski definition) is 2. The molecular formula is C15H18N4O3. The summed E-state index contributed by atoms with van der Waals surface area (Å²) in [6.07, 6.45) is 1.56. The van der Waals surface area contributed by atoms with Crippen LogP contribution in [0.4, 0.5) is 0 Å². The summed E-state index contributed by atoms with van der Waals surface area (Å²) in [6.45, 7) is 5.97. The Kier molecular flexibility index (Phi) is 5.26. The SMILES string of the molecule is C=CCNC(=O)c1nn(-c2ccc(OCC)cc2)nc1CO. The monoisotopic (exact) mass is 302 g/mol. The predicted molar refractivity (Wildman–Crippen MR) is 81.0 cm³/mol. The highest BCUT2D eigenvalue weighted by Gasteiger charge is 2.18. The number of aromatic nitrogens is 3. The van der Waals surface area contributed by atoms with Gasteiger partial charge in [0.2, 0.25) is 0 Å². The van der Waals surface area contributed by atoms with E-state index in [0.717, 1.165) is 5.75 Å². The van der Waals surface area contributed by atoms with E-state index < -0.39 is 5.91 Å². The molecule has 0 saturated heterocycles. The molecule has 0 spiro atoms. The van der Waals surface area contributed by atoms with Crippen LogP contribution in [0.3, 0.4) is 0 Å². The first kappa shape index (κ1) is 15.7. The maximum atomic E-state index is 12.0. The minimum absolute atomic E-state index is 0.0956. The number of nitrogens with one attached hydrogen (secondary N) is 1. The molecule has 1 aromatic heterocycles. The van der Waals surface area contributed by atoms with Crippen LogP contribution >= 0.6 is 0 Å². The molecule has 0 bridgehead atoms. The van der Waals surface area contributed by atoms with Crippen molar-refractivity contribution in [3.05, 3.63) is 48.3 Å². The maximum absolute atomic E-state index is 12.0. The number of nitrogens with zero attached hydrogens (tertiary/aromatic N) is 3. The van der Waals surface area contributed by atoms with E-state index in [4.69, 9.17) is 4.74 Å². The van der Waals surface area contributed by atoms with Crippen molar-refractivity contribution in [2.24, 2.45) is 0 Å². The second-order valence-electron chi connectivity index (χ2n) is 4.37. The van der Waals surface area contributed by atoms with Crippen LogP contribution in [0.5, 0.6) is 5.75 Å². The number of ether oxygens (including phenoxy) is 1. The fourth-order valence-electron chi connectivity index (χ4n) is 1.83. The lowest BCUT2D eigenvalue weighted by Crippen LogP contribution is -2.24. The van der Waals surface area contributed by atoms with Crippen molar-refractivity contribution >= 4 is 5.91 Å². The third-order valence-corrected chi connectivity index (χ3v) is 2.83. The number of aliphatic hydroxyl groups excluding tert-OH is 1. The number of benzene rings is 1. The molecular weight excluding hydrogens is 284 g/mol. The van der Waals surface area contributed by atoms with Crippen molar-refractivity contribution in [1.82, 2.24) is 20.3 Å². The Morgan fingerprint density at radius 1 is 1.41 bits per heavy atom. The molecule has 0 unspecified atom stereocenters. The van der Waals surface area contributed by atoms with Gasteiger partial charge in [-0.15, -0.1) is 16.8 Å². The van der Waals surface area contributed by atoms with Crippen molar-refractivity contribution in [3.63, 3.8) is 0 Å². The summed E-state index contributed by atoms with van der Waals surface area (Å²) in [6, 6.07) is 7.13. The molecule has 0 aliphatic carbocycles. The molecule has 0 fully saturated rings. The molecule has 0 aliphatic rings. The normalized spacial score (nSPS) is 10.3. The van der Waals surface area contributed by atoms with Gasteiger partial charge in [-0.25, -0.2) is 0 Å². The van der Waals surface area contributed by atoms with Gasteiger partial charge in [0.05, 0.1) is 18.9 Å². The van der Waals surface area contributed by atoms with E-state index in [-0.39, 0.29) is 18.0 Å². The summed E-state index contributed by atoms with van der Waals surface area (Å²) >= 11 is 0. The summed E-state index contributed by atoms with van der Waals surface area (Å²) in [4.78, 5) is 13.3. The topological polar surface area (TPSA) is 89.3 Å². The molecule has 1 aromatic carbocycles. The van der Waals surface area contributed by atoms with Gasteiger partial charge in [-0.05, 0) is 31.2 Å². The third kappa shape index (κ3) is 3.50. The highest BCUT2D eigenvalue weighted by atomic mass is 16.5. The van der Waals surface area contributed by atoms with Gasteiger partial charge in [-0.2, -0.15) is 4.80 Å². The van der Waals surface area contributed by atoms with Crippen molar-refractivity contribution in [3.8, 4) is 11.4 Å². The molecule has 0 radical (unpaired) electrons. The fourth-order valence-corrected chi connectivity index (χ4v) is 1.83. The summed E-state index contributed by atoms with van der Waals surface area (Å²) < 4.78 is 5.37. The standard InChI is InChI=1S/C15H18N4O3/c1-3-9-16-15(21)14-13(10-20)17-19(18-14)11-5-7-12(8-6-11)22-4-2/h3,5-8,20H,1,4,9-10H2,2H3,(H,16,21). The Morgan fingerprint density at radius 3 is 2.73 bits per heavy atom. The molecule has 2 rings (SSSR count). The molecule has 0 aliphatic heterocycles. The van der Waals surface area contributed by atoms with Gasteiger partial charge in [0.1, 0.15) is 11.4 Å². The zero-order valence-corrected chi connectivity index (χ0v) is 12.3. The van der Waals surface area contributed by atoms with Crippen molar-refractivity contribution < 1.29 is 14.6 Å². The predicted octanol–water partition coefficient (Wildman–Crippen LogP) is 1.07. The van der Waals surface area contributed by atoms with Crippen LogP contribution in [0, 0.1) is 0 Å². The first-order valence-corrected chi connectivity index (χ1v) is 6.89. The smallest absolute Gasteiger partial charge is 0.274 e. The minimum atomic E-state index is -0.402. The highest BCUT2D eigenvalue weighted by molar-refractivity contribution is 5.93. The lowest BCUT2D eigenvalue weighted by atomic mass is 10.3. The number of rotatable bonds is 7. The zero-order valence-electron chi connectivity index (χ0n) is 12.3. The molecule has 0 saturated carbocycles. The number of hydrogen-bond acceptors (Lipinski definition) is 5. The quantitative estimate of drug-likeness (QED) is 0.747. The maximum Gasteiger partial charge on any atom is 0.274 e. The van der Waals surface area contributed by atoms with Gasteiger partial charge in [0.25, 0.3) is 5.91 Å². The fraction of sp³-hybridized carbons (Fsp3) is 0.267. The zero-order chi connectivity index (χ0) is 15.9. The summed E-state index contributed by atoms with van der Waals surface area (Å²) in [5.41, 5.74) is 0.981. The second kappa shape index (κ2) is 7.37. The molecule has 7 nitrogen and oxygen atoms in total. The van der Waals surface area contributed by atoms with Crippen LogP contribution < -0.4 is 10.1 Å². The van der Waals surface area contributed by atoms with E-state index in [9.17, 15) is 9.90 Å². The van der Waals surface area contributed by atoms with Gasteiger partial charge in [-0.3, -0.25) is 4.79 Å². The third-order valence-electron chi connectivity index (χ3n) is 2.83. The molecule has 1 heterocycles. The first-order chi connectivity index (χ1) is 10.7. The van der Waals surface area contributed by atoms with Crippen LogP contribution in [0.2, 0.25) is 0 Å². The Balaban J connectivity index is 2.26. The van der Waals surface area contributed by atoms with Gasteiger partial charge in [0, 0.05) is 6.54 Å². The number of carbonyl (C=O) groups is 1. The number of carbonyl (C=O) groups excluding carboxylic acids is 1. The number of aliphatic hydroxyl groups is 1. The van der Waals surface area contributed by atoms with Gasteiger partial charge in [0.15, 0.2) is 5.69 Å². The molecule has 116 valence electrons. The Morgan fingerprint density at radius 2 is 2.14 bits per heavy atom. The second-order valence-corrected chi connectivity index (χ2v) is 4.37. The van der Waals surface area contributed by atoms with Crippen LogP contribution in [0.15, 0.2) is 36.9 Å². The van der Waals surface area contributed by atoms with E-state index >= 15 is 0 Å². The largest absolute Gasteiger partial charge is 0.494 e. The van der Waals surface area contributed by atoms with Crippen LogP contribution in [0.25, 0.3) is 5.69 Å². The number of amides is 1. The molecule has 0 atom stereocenters. The Bertz CT molecular complexity index is 649. The summed E-state index contributed by atoms with van der Waals surface area (Å²) in [5.74, 6) is 0.339. The van der Waals surface area contributed by atoms with E-state index in [1.807, 2.05) is 6.92 Å². The van der Waals surface area contributed by atoms with Gasteiger partial charge in [-0.1, -0.05) is 6.08 Å². The molecule has 7 heteroatoms. The lowest BCUT2D eigenvalue weighted by Gasteiger charge is -2.03. The van der Waals surface area contributed by atoms with Crippen molar-refractivity contribution in [2.75, 3.05) is 13.2 Å². The summed E-state index contributed by atoms with van der Waals surface area (Å²) in [5, 5.41) is 20.2. The Labute approximate surface area is 128 Å². The van der Waals surface area contributed by atoms with E-state index in [2.05, 4.69) is 22.1 Å². The van der Waals surface area contributed by atoms with Crippen LogP contribution in [0.1, 0.15) is 23.1 Å². The summed E-state index contributed by atoms with van der Waals surface area (Å²) in [7, 11) is 0. The highest BCUT2D eigenvalue weighted by Crippen LogP contribution is 2.15. The van der Waals surface area contributed by atoms with E-state index in [1.54, 1.807) is 30.3 Å². The van der Waals surface area contributed by atoms with E-state index in [1.165, 1.54) is 4.80 Å². The van der Waals surface area contributed by atoms with Crippen LogP contribution in [-0.4, -0.2) is 39.2 Å². The molecule has 1 amide bonds. The lowest BCUT2D eigenvalue weighted by molar-refractivity contribution is 0.0949.